The van der Waals surface area contributed by atoms with Crippen molar-refractivity contribution in [3.05, 3.63) is 76.0 Å². The summed E-state index contributed by atoms with van der Waals surface area (Å²) in [4.78, 5) is 24.7. The summed E-state index contributed by atoms with van der Waals surface area (Å²) in [6.07, 6.45) is 0. The van der Waals surface area contributed by atoms with Gasteiger partial charge in [0.2, 0.25) is 0 Å². The van der Waals surface area contributed by atoms with Crippen molar-refractivity contribution in [2.45, 2.75) is 6.04 Å². The molecule has 1 aromatic heterocycles. The Morgan fingerprint density at radius 2 is 1.84 bits per heavy atom. The molecule has 0 bridgehead atoms. The lowest BCUT2D eigenvalue weighted by Crippen LogP contribution is -2.31. The molecule has 0 saturated carbocycles. The molecule has 2 aromatic carbocycles. The molecule has 0 spiro atoms. The second-order valence-corrected chi connectivity index (χ2v) is 5.41. The van der Waals surface area contributed by atoms with Crippen LogP contribution in [-0.2, 0) is 7.05 Å². The molecule has 0 unspecified atom stereocenters. The maximum absolute atomic E-state index is 13.0. The lowest BCUT2D eigenvalue weighted by Gasteiger charge is -2.13. The number of carbonyl (C=O) groups is 1. The maximum atomic E-state index is 13.0. The number of fused-ring (bicyclic) bond motifs is 1. The highest BCUT2D eigenvalue weighted by Gasteiger charge is 2.20. The first-order chi connectivity index (χ1) is 12.0. The van der Waals surface area contributed by atoms with Crippen molar-refractivity contribution >= 4 is 16.7 Å². The van der Waals surface area contributed by atoms with Crippen LogP contribution in [0, 0.1) is 17.1 Å². The van der Waals surface area contributed by atoms with Gasteiger partial charge < -0.3 is 5.32 Å². The monoisotopic (exact) mass is 336 g/mol. The summed E-state index contributed by atoms with van der Waals surface area (Å²) in [5, 5.41) is 16.7. The van der Waals surface area contributed by atoms with E-state index in [0.29, 0.717) is 16.3 Å². The molecule has 0 saturated heterocycles. The van der Waals surface area contributed by atoms with Gasteiger partial charge in [0.1, 0.15) is 11.9 Å². The van der Waals surface area contributed by atoms with Gasteiger partial charge in [0, 0.05) is 12.4 Å². The number of nitrogens with one attached hydrogen (secondary N) is 1. The summed E-state index contributed by atoms with van der Waals surface area (Å²) in [5.41, 5.74) is 0.175. The van der Waals surface area contributed by atoms with Crippen molar-refractivity contribution in [1.29, 1.82) is 5.26 Å². The molecule has 1 N–H and O–H groups in total. The number of halogens is 1. The van der Waals surface area contributed by atoms with Gasteiger partial charge in [-0.25, -0.2) is 9.07 Å². The smallest absolute Gasteiger partial charge is 0.274 e. The second-order valence-electron chi connectivity index (χ2n) is 5.41. The zero-order valence-corrected chi connectivity index (χ0v) is 13.2. The van der Waals surface area contributed by atoms with Crippen LogP contribution in [0.4, 0.5) is 4.39 Å². The minimum Gasteiger partial charge on any atom is -0.331 e. The topological polar surface area (TPSA) is 87.8 Å². The Morgan fingerprint density at radius 1 is 1.20 bits per heavy atom. The third-order valence-electron chi connectivity index (χ3n) is 3.78. The number of benzene rings is 2. The molecule has 0 aliphatic rings. The Balaban J connectivity index is 2.00. The van der Waals surface area contributed by atoms with Crippen LogP contribution in [0.1, 0.15) is 22.1 Å². The van der Waals surface area contributed by atoms with E-state index in [1.54, 1.807) is 24.3 Å². The SMILES string of the molecule is Cn1nc(C(=O)N[C@H](C#N)c2ccc(F)cc2)c2ccccc2c1=O. The zero-order chi connectivity index (χ0) is 18.0. The van der Waals surface area contributed by atoms with E-state index in [-0.39, 0.29) is 11.3 Å². The van der Waals surface area contributed by atoms with Gasteiger partial charge in [-0.15, -0.1) is 0 Å². The van der Waals surface area contributed by atoms with Crippen LogP contribution in [0.25, 0.3) is 10.8 Å². The largest absolute Gasteiger partial charge is 0.331 e. The fourth-order valence-corrected chi connectivity index (χ4v) is 2.51. The standard InChI is InChI=1S/C18H13FN4O2/c1-23-18(25)14-5-3-2-4-13(14)16(22-23)17(24)21-15(10-20)11-6-8-12(19)9-7-11/h2-9,15H,1H3,(H,21,24)/t15-/m1/s1. The third kappa shape index (κ3) is 3.10. The number of aryl methyl sites for hydroxylation is 1. The number of nitrogens with zero attached hydrogens (tertiary/aromatic N) is 3. The number of carbonyl (C=O) groups excluding carboxylic acids is 1. The van der Waals surface area contributed by atoms with E-state index in [1.165, 1.54) is 31.3 Å². The van der Waals surface area contributed by atoms with Gasteiger partial charge in [0.05, 0.1) is 11.5 Å². The Kier molecular flexibility index (Phi) is 4.27. The molecule has 1 amide bonds. The lowest BCUT2D eigenvalue weighted by molar-refractivity contribution is 0.0940. The number of aromatic nitrogens is 2. The molecule has 0 radical (unpaired) electrons. The Bertz CT molecular complexity index is 1050. The number of amides is 1. The third-order valence-corrected chi connectivity index (χ3v) is 3.78. The highest BCUT2D eigenvalue weighted by molar-refractivity contribution is 6.05. The first-order valence-corrected chi connectivity index (χ1v) is 7.43. The molecular weight excluding hydrogens is 323 g/mol. The minimum absolute atomic E-state index is 0.0417. The molecule has 3 rings (SSSR count). The van der Waals surface area contributed by atoms with Gasteiger partial charge in [-0.05, 0) is 23.8 Å². The van der Waals surface area contributed by atoms with Gasteiger partial charge in [-0.2, -0.15) is 10.4 Å². The summed E-state index contributed by atoms with van der Waals surface area (Å²) in [6.45, 7) is 0. The fourth-order valence-electron chi connectivity index (χ4n) is 2.51. The molecule has 0 fully saturated rings. The molecular formula is C18H13FN4O2. The number of hydrogen-bond donors (Lipinski definition) is 1. The highest BCUT2D eigenvalue weighted by Crippen LogP contribution is 2.16. The molecule has 1 heterocycles. The van der Waals surface area contributed by atoms with Crippen molar-refractivity contribution < 1.29 is 9.18 Å². The fraction of sp³-hybridized carbons (Fsp3) is 0.111. The van der Waals surface area contributed by atoms with E-state index in [0.717, 1.165) is 4.68 Å². The van der Waals surface area contributed by atoms with E-state index in [1.807, 2.05) is 6.07 Å². The van der Waals surface area contributed by atoms with Crippen LogP contribution >= 0.6 is 0 Å². The van der Waals surface area contributed by atoms with E-state index in [9.17, 15) is 19.2 Å². The lowest BCUT2D eigenvalue weighted by atomic mass is 10.1. The van der Waals surface area contributed by atoms with Crippen LogP contribution in [0.15, 0.2) is 53.3 Å². The molecule has 1 atom stereocenters. The summed E-state index contributed by atoms with van der Waals surface area (Å²) >= 11 is 0. The molecule has 7 heteroatoms. The van der Waals surface area contributed by atoms with Crippen molar-refractivity contribution in [1.82, 2.24) is 15.1 Å². The number of rotatable bonds is 3. The maximum Gasteiger partial charge on any atom is 0.274 e. The van der Waals surface area contributed by atoms with Gasteiger partial charge >= 0.3 is 0 Å². The van der Waals surface area contributed by atoms with Crippen LogP contribution in [0.2, 0.25) is 0 Å². The average molecular weight is 336 g/mol. The van der Waals surface area contributed by atoms with E-state index >= 15 is 0 Å². The van der Waals surface area contributed by atoms with Crippen molar-refractivity contribution in [2.75, 3.05) is 0 Å². The first-order valence-electron chi connectivity index (χ1n) is 7.43. The normalized spacial score (nSPS) is 11.7. The summed E-state index contributed by atoms with van der Waals surface area (Å²) in [5.74, 6) is -1.03. The van der Waals surface area contributed by atoms with E-state index in [2.05, 4.69) is 10.4 Å². The minimum atomic E-state index is -0.967. The molecule has 124 valence electrons. The van der Waals surface area contributed by atoms with E-state index in [4.69, 9.17) is 0 Å². The number of nitriles is 1. The Labute approximate surface area is 142 Å². The van der Waals surface area contributed by atoms with Gasteiger partial charge in [-0.3, -0.25) is 9.59 Å². The Morgan fingerprint density at radius 3 is 2.48 bits per heavy atom. The van der Waals surface area contributed by atoms with E-state index < -0.39 is 17.8 Å². The predicted octanol–water partition coefficient (Wildman–Crippen LogP) is 2.07. The van der Waals surface area contributed by atoms with Crippen LogP contribution in [0.5, 0.6) is 0 Å². The first kappa shape index (κ1) is 16.3. The van der Waals surface area contributed by atoms with Crippen LogP contribution in [-0.4, -0.2) is 15.7 Å². The zero-order valence-electron chi connectivity index (χ0n) is 13.2. The van der Waals surface area contributed by atoms with Crippen molar-refractivity contribution in [3.8, 4) is 6.07 Å². The van der Waals surface area contributed by atoms with Crippen LogP contribution in [0.3, 0.4) is 0 Å². The summed E-state index contributed by atoms with van der Waals surface area (Å²) in [7, 11) is 1.45. The van der Waals surface area contributed by atoms with Gasteiger partial charge in [0.25, 0.3) is 11.5 Å². The van der Waals surface area contributed by atoms with Gasteiger partial charge in [0.15, 0.2) is 5.69 Å². The van der Waals surface area contributed by atoms with Crippen LogP contribution < -0.4 is 10.9 Å². The molecule has 25 heavy (non-hydrogen) atoms. The van der Waals surface area contributed by atoms with Gasteiger partial charge in [-0.1, -0.05) is 30.3 Å². The quantitative estimate of drug-likeness (QED) is 0.793. The Hall–Kier alpha value is -3.53. The highest BCUT2D eigenvalue weighted by atomic mass is 19.1. The molecule has 3 aromatic rings. The van der Waals surface area contributed by atoms with Crippen molar-refractivity contribution in [2.24, 2.45) is 7.05 Å². The molecule has 0 aliphatic carbocycles. The summed E-state index contributed by atoms with van der Waals surface area (Å²) < 4.78 is 14.1. The average Bonchev–Trinajstić information content (AvgIpc) is 2.63. The number of hydrogen-bond acceptors (Lipinski definition) is 4. The van der Waals surface area contributed by atoms with Crippen molar-refractivity contribution in [3.63, 3.8) is 0 Å². The predicted molar refractivity (Wildman–Crippen MR) is 89.2 cm³/mol. The molecule has 0 aliphatic heterocycles. The molecule has 6 nitrogen and oxygen atoms in total. The second kappa shape index (κ2) is 6.53. The summed E-state index contributed by atoms with van der Waals surface area (Å²) in [6, 6.07) is 12.9.